The maximum atomic E-state index is 10.9. The summed E-state index contributed by atoms with van der Waals surface area (Å²) in [6.45, 7) is 5.22. The Kier molecular flexibility index (Phi) is 3.93. The number of nitro benzene ring substituents is 1. The van der Waals surface area contributed by atoms with Gasteiger partial charge in [-0.3, -0.25) is 10.1 Å². The minimum absolute atomic E-state index is 0.185. The van der Waals surface area contributed by atoms with Crippen molar-refractivity contribution in [3.63, 3.8) is 0 Å². The lowest BCUT2D eigenvalue weighted by molar-refractivity contribution is -0.385. The van der Waals surface area contributed by atoms with Gasteiger partial charge in [-0.1, -0.05) is 12.1 Å². The number of nitrogens with one attached hydrogen (secondary N) is 1. The molecule has 0 aromatic heterocycles. The summed E-state index contributed by atoms with van der Waals surface area (Å²) in [5.74, 6) is 0. The van der Waals surface area contributed by atoms with Gasteiger partial charge in [0.1, 0.15) is 0 Å². The predicted molar refractivity (Wildman–Crippen MR) is 68.5 cm³/mol. The number of nitro groups is 1. The molecule has 1 N–H and O–H groups in total. The molecule has 1 saturated heterocycles. The zero-order valence-electron chi connectivity index (χ0n) is 10.7. The summed E-state index contributed by atoms with van der Waals surface area (Å²) in [7, 11) is 0. The lowest BCUT2D eigenvalue weighted by atomic mass is 10.1. The van der Waals surface area contributed by atoms with E-state index in [4.69, 9.17) is 4.74 Å². The topological polar surface area (TPSA) is 64.4 Å². The van der Waals surface area contributed by atoms with Gasteiger partial charge in [0.15, 0.2) is 0 Å². The molecule has 1 aromatic carbocycles. The second-order valence-corrected chi connectivity index (χ2v) is 4.73. The highest BCUT2D eigenvalue weighted by molar-refractivity contribution is 5.42. The number of aryl methyl sites for hydroxylation is 1. The fraction of sp³-hybridized carbons (Fsp3) is 0.538. The largest absolute Gasteiger partial charge is 0.377 e. The molecule has 18 heavy (non-hydrogen) atoms. The Hall–Kier alpha value is -1.46. The SMILES string of the molecule is Cc1ccc(CNC2CCOC2C)cc1[N+](=O)[O-]. The molecule has 1 aromatic rings. The molecule has 98 valence electrons. The Labute approximate surface area is 106 Å². The molecule has 2 rings (SSSR count). The van der Waals surface area contributed by atoms with Crippen LogP contribution in [0.15, 0.2) is 18.2 Å². The number of rotatable bonds is 4. The normalized spacial score (nSPS) is 23.2. The highest BCUT2D eigenvalue weighted by Gasteiger charge is 2.23. The van der Waals surface area contributed by atoms with Gasteiger partial charge in [0.05, 0.1) is 11.0 Å². The van der Waals surface area contributed by atoms with Crippen LogP contribution in [-0.4, -0.2) is 23.7 Å². The first kappa shape index (κ1) is 13.0. The molecule has 1 aliphatic heterocycles. The van der Waals surface area contributed by atoms with Gasteiger partial charge in [-0.05, 0) is 25.8 Å². The van der Waals surface area contributed by atoms with Gasteiger partial charge in [-0.2, -0.15) is 0 Å². The molecule has 1 aliphatic rings. The van der Waals surface area contributed by atoms with Crippen molar-refractivity contribution in [3.05, 3.63) is 39.4 Å². The molecule has 0 amide bonds. The van der Waals surface area contributed by atoms with Crippen molar-refractivity contribution in [2.45, 2.75) is 39.0 Å². The summed E-state index contributed by atoms with van der Waals surface area (Å²) in [6, 6.07) is 5.70. The van der Waals surface area contributed by atoms with Crippen molar-refractivity contribution in [2.75, 3.05) is 6.61 Å². The van der Waals surface area contributed by atoms with Crippen LogP contribution in [0.2, 0.25) is 0 Å². The van der Waals surface area contributed by atoms with Crippen molar-refractivity contribution in [1.82, 2.24) is 5.32 Å². The average molecular weight is 250 g/mol. The van der Waals surface area contributed by atoms with Crippen LogP contribution in [0.1, 0.15) is 24.5 Å². The van der Waals surface area contributed by atoms with Crippen LogP contribution in [0.3, 0.4) is 0 Å². The fourth-order valence-corrected chi connectivity index (χ4v) is 2.21. The van der Waals surface area contributed by atoms with Crippen LogP contribution in [0.25, 0.3) is 0 Å². The quantitative estimate of drug-likeness (QED) is 0.657. The zero-order valence-corrected chi connectivity index (χ0v) is 10.7. The highest BCUT2D eigenvalue weighted by atomic mass is 16.6. The second-order valence-electron chi connectivity index (χ2n) is 4.73. The second kappa shape index (κ2) is 5.46. The van der Waals surface area contributed by atoms with E-state index in [1.165, 1.54) is 0 Å². The van der Waals surface area contributed by atoms with Crippen LogP contribution in [0.5, 0.6) is 0 Å². The Morgan fingerprint density at radius 2 is 2.33 bits per heavy atom. The molecule has 5 nitrogen and oxygen atoms in total. The smallest absolute Gasteiger partial charge is 0.272 e. The van der Waals surface area contributed by atoms with Crippen LogP contribution < -0.4 is 5.32 Å². The van der Waals surface area contributed by atoms with E-state index in [9.17, 15) is 10.1 Å². The monoisotopic (exact) mass is 250 g/mol. The number of benzene rings is 1. The summed E-state index contributed by atoms with van der Waals surface area (Å²) in [4.78, 5) is 10.5. The van der Waals surface area contributed by atoms with Gasteiger partial charge < -0.3 is 10.1 Å². The fourth-order valence-electron chi connectivity index (χ4n) is 2.21. The van der Waals surface area contributed by atoms with E-state index in [0.29, 0.717) is 18.2 Å². The zero-order chi connectivity index (χ0) is 13.1. The van der Waals surface area contributed by atoms with Crippen LogP contribution in [0, 0.1) is 17.0 Å². The molecule has 5 heteroatoms. The summed E-state index contributed by atoms with van der Waals surface area (Å²) in [6.07, 6.45) is 1.21. The summed E-state index contributed by atoms with van der Waals surface area (Å²) >= 11 is 0. The van der Waals surface area contributed by atoms with Gasteiger partial charge >= 0.3 is 0 Å². The third kappa shape index (κ3) is 2.86. The van der Waals surface area contributed by atoms with E-state index in [2.05, 4.69) is 5.32 Å². The summed E-state index contributed by atoms with van der Waals surface area (Å²) in [5.41, 5.74) is 1.82. The molecule has 0 radical (unpaired) electrons. The van der Waals surface area contributed by atoms with E-state index in [1.807, 2.05) is 13.0 Å². The third-order valence-corrected chi connectivity index (χ3v) is 3.41. The summed E-state index contributed by atoms with van der Waals surface area (Å²) < 4.78 is 5.46. The van der Waals surface area contributed by atoms with Crippen molar-refractivity contribution in [1.29, 1.82) is 0 Å². The molecule has 2 unspecified atom stereocenters. The van der Waals surface area contributed by atoms with Gasteiger partial charge in [0.25, 0.3) is 5.69 Å². The van der Waals surface area contributed by atoms with E-state index in [0.717, 1.165) is 18.6 Å². The summed E-state index contributed by atoms with van der Waals surface area (Å²) in [5, 5.41) is 14.2. The molecular formula is C13H18N2O3. The average Bonchev–Trinajstić information content (AvgIpc) is 2.73. The van der Waals surface area contributed by atoms with E-state index in [-0.39, 0.29) is 16.7 Å². The number of nitrogens with zero attached hydrogens (tertiary/aromatic N) is 1. The standard InChI is InChI=1S/C13H18N2O3/c1-9-3-4-11(7-13(9)15(16)17)8-14-12-5-6-18-10(12)2/h3-4,7,10,12,14H,5-6,8H2,1-2H3. The molecule has 0 bridgehead atoms. The minimum atomic E-state index is -0.333. The number of hydrogen-bond donors (Lipinski definition) is 1. The molecule has 0 aliphatic carbocycles. The van der Waals surface area contributed by atoms with Crippen molar-refractivity contribution in [2.24, 2.45) is 0 Å². The highest BCUT2D eigenvalue weighted by Crippen LogP contribution is 2.20. The van der Waals surface area contributed by atoms with E-state index in [1.54, 1.807) is 19.1 Å². The van der Waals surface area contributed by atoms with Gasteiger partial charge in [-0.15, -0.1) is 0 Å². The molecule has 1 fully saturated rings. The third-order valence-electron chi connectivity index (χ3n) is 3.41. The predicted octanol–water partition coefficient (Wildman–Crippen LogP) is 2.17. The van der Waals surface area contributed by atoms with Gasteiger partial charge in [-0.25, -0.2) is 0 Å². The minimum Gasteiger partial charge on any atom is -0.377 e. The van der Waals surface area contributed by atoms with E-state index >= 15 is 0 Å². The van der Waals surface area contributed by atoms with Crippen LogP contribution in [0.4, 0.5) is 5.69 Å². The Morgan fingerprint density at radius 1 is 1.56 bits per heavy atom. The van der Waals surface area contributed by atoms with Crippen molar-refractivity contribution < 1.29 is 9.66 Å². The first-order valence-electron chi connectivity index (χ1n) is 6.17. The van der Waals surface area contributed by atoms with E-state index < -0.39 is 0 Å². The molecule has 1 heterocycles. The Bertz CT molecular complexity index is 448. The molecular weight excluding hydrogens is 232 g/mol. The lowest BCUT2D eigenvalue weighted by Gasteiger charge is -2.16. The maximum absolute atomic E-state index is 10.9. The van der Waals surface area contributed by atoms with Gasteiger partial charge in [0, 0.05) is 30.8 Å². The molecule has 0 saturated carbocycles. The maximum Gasteiger partial charge on any atom is 0.272 e. The number of hydrogen-bond acceptors (Lipinski definition) is 4. The molecule has 0 spiro atoms. The lowest BCUT2D eigenvalue weighted by Crippen LogP contribution is -2.34. The first-order chi connectivity index (χ1) is 8.58. The Morgan fingerprint density at radius 3 is 2.94 bits per heavy atom. The van der Waals surface area contributed by atoms with Crippen LogP contribution >= 0.6 is 0 Å². The first-order valence-corrected chi connectivity index (χ1v) is 6.17. The Balaban J connectivity index is 2.01. The number of ether oxygens (including phenoxy) is 1. The van der Waals surface area contributed by atoms with Crippen molar-refractivity contribution in [3.8, 4) is 0 Å². The molecule has 2 atom stereocenters. The van der Waals surface area contributed by atoms with Crippen LogP contribution in [-0.2, 0) is 11.3 Å². The van der Waals surface area contributed by atoms with Crippen molar-refractivity contribution >= 4 is 5.69 Å². The van der Waals surface area contributed by atoms with Gasteiger partial charge in [0.2, 0.25) is 0 Å².